The van der Waals surface area contributed by atoms with Gasteiger partial charge in [0.25, 0.3) is 5.91 Å². The number of allylic oxidation sites excluding steroid dienone is 2. The molecule has 0 radical (unpaired) electrons. The molecule has 1 atom stereocenters. The Morgan fingerprint density at radius 1 is 1.18 bits per heavy atom. The molecule has 7 heteroatoms. The highest BCUT2D eigenvalue weighted by atomic mass is 16.5. The van der Waals surface area contributed by atoms with Crippen LogP contribution in [0.25, 0.3) is 11.3 Å². The molecule has 2 aliphatic heterocycles. The van der Waals surface area contributed by atoms with Crippen molar-refractivity contribution in [1.29, 1.82) is 0 Å². The Balaban J connectivity index is 0.000000268. The van der Waals surface area contributed by atoms with Crippen molar-refractivity contribution in [2.45, 2.75) is 32.9 Å². The van der Waals surface area contributed by atoms with Gasteiger partial charge in [-0.2, -0.15) is 0 Å². The van der Waals surface area contributed by atoms with Gasteiger partial charge in [-0.1, -0.05) is 56.1 Å². The highest BCUT2D eigenvalue weighted by molar-refractivity contribution is 6.04. The fourth-order valence-corrected chi connectivity index (χ4v) is 4.45. The van der Waals surface area contributed by atoms with E-state index in [2.05, 4.69) is 65.1 Å². The number of benzene rings is 2. The van der Waals surface area contributed by atoms with E-state index in [9.17, 15) is 4.79 Å². The van der Waals surface area contributed by atoms with Gasteiger partial charge in [-0.25, -0.2) is 9.98 Å². The van der Waals surface area contributed by atoms with E-state index in [0.717, 1.165) is 40.3 Å². The number of hydrogen-bond donors (Lipinski definition) is 2. The van der Waals surface area contributed by atoms with E-state index in [1.807, 2.05) is 69.3 Å². The fourth-order valence-electron chi connectivity index (χ4n) is 4.45. The molecule has 0 aliphatic carbocycles. The topological polar surface area (TPSA) is 78.3 Å². The maximum Gasteiger partial charge on any atom is 0.255 e. The Labute approximate surface area is 231 Å². The normalized spacial score (nSPS) is 19.1. The van der Waals surface area contributed by atoms with Crippen LogP contribution >= 0.6 is 0 Å². The number of ether oxygens (including phenoxy) is 1. The molecule has 4 rings (SSSR count). The minimum absolute atomic E-state index is 0.110. The Kier molecular flexibility index (Phi) is 9.09. The summed E-state index contributed by atoms with van der Waals surface area (Å²) in [4.78, 5) is 22.4. The molecular weight excluding hydrogens is 486 g/mol. The van der Waals surface area contributed by atoms with E-state index in [0.29, 0.717) is 11.7 Å². The third kappa shape index (κ3) is 6.26. The van der Waals surface area contributed by atoms with Crippen molar-refractivity contribution in [3.63, 3.8) is 0 Å². The summed E-state index contributed by atoms with van der Waals surface area (Å²) in [6, 6.07) is 14.0. The maximum atomic E-state index is 12.2. The number of amides is 1. The number of amidine groups is 1. The lowest BCUT2D eigenvalue weighted by atomic mass is 9.90. The summed E-state index contributed by atoms with van der Waals surface area (Å²) in [6.45, 7) is 21.7. The third-order valence-corrected chi connectivity index (χ3v) is 6.84. The van der Waals surface area contributed by atoms with Gasteiger partial charge in [-0.3, -0.25) is 4.79 Å². The van der Waals surface area contributed by atoms with E-state index in [-0.39, 0.29) is 5.91 Å². The van der Waals surface area contributed by atoms with Gasteiger partial charge in [0.2, 0.25) is 0 Å². The van der Waals surface area contributed by atoms with Gasteiger partial charge in [0.15, 0.2) is 5.84 Å². The minimum Gasteiger partial charge on any atom is -0.497 e. The number of fused-ring (bicyclic) bond motifs is 1. The Morgan fingerprint density at radius 2 is 1.87 bits per heavy atom. The molecule has 0 spiro atoms. The van der Waals surface area contributed by atoms with Crippen LogP contribution in [0.5, 0.6) is 5.75 Å². The number of aliphatic imine (C=N–C) groups is 2. The number of carbonyl (C=O) groups excluding carboxylic acids is 1. The quantitative estimate of drug-likeness (QED) is 0.285. The SMILES string of the molecule is C=C1c2cc(OC)ccc2CN1C.C=CN=C(N=C)C(=C\C)/C=C(\C)c1ccc(C2(C)NC(=C)NC2=O)cc1. The average molecular weight is 524 g/mol. The van der Waals surface area contributed by atoms with Gasteiger partial charge in [-0.05, 0) is 68.0 Å². The first-order valence-corrected chi connectivity index (χ1v) is 12.5. The molecule has 2 N–H and O–H groups in total. The molecular formula is C32H37N5O2. The number of carbonyl (C=O) groups is 1. The first kappa shape index (κ1) is 28.9. The fraction of sp³-hybridized carbons (Fsp3) is 0.219. The van der Waals surface area contributed by atoms with Crippen molar-refractivity contribution in [1.82, 2.24) is 15.5 Å². The van der Waals surface area contributed by atoms with Crippen molar-refractivity contribution in [3.05, 3.63) is 114 Å². The number of nitrogens with one attached hydrogen (secondary N) is 2. The van der Waals surface area contributed by atoms with Crippen molar-refractivity contribution < 1.29 is 9.53 Å². The average Bonchev–Trinajstić information content (AvgIpc) is 3.38. The highest BCUT2D eigenvalue weighted by Gasteiger charge is 2.40. The third-order valence-electron chi connectivity index (χ3n) is 6.84. The van der Waals surface area contributed by atoms with Crippen LogP contribution in [0.1, 0.15) is 43.0 Å². The molecule has 202 valence electrons. The summed E-state index contributed by atoms with van der Waals surface area (Å²) >= 11 is 0. The molecule has 39 heavy (non-hydrogen) atoms. The molecule has 1 unspecified atom stereocenters. The first-order chi connectivity index (χ1) is 18.6. The number of methoxy groups -OCH3 is 1. The molecule has 7 nitrogen and oxygen atoms in total. The molecule has 1 fully saturated rings. The second-order valence-corrected chi connectivity index (χ2v) is 9.45. The molecule has 1 saturated heterocycles. The lowest BCUT2D eigenvalue weighted by molar-refractivity contribution is -0.123. The second-order valence-electron chi connectivity index (χ2n) is 9.45. The Bertz CT molecular complexity index is 1400. The summed E-state index contributed by atoms with van der Waals surface area (Å²) in [5.74, 6) is 1.83. The maximum absolute atomic E-state index is 12.2. The summed E-state index contributed by atoms with van der Waals surface area (Å²) in [5.41, 5.74) is 6.63. The van der Waals surface area contributed by atoms with E-state index in [4.69, 9.17) is 4.74 Å². The number of rotatable bonds is 6. The van der Waals surface area contributed by atoms with Gasteiger partial charge in [0.05, 0.1) is 12.9 Å². The standard InChI is InChI=1S/C21H24N4O.C11H13NO/c1-7-16(19(22-6)23-8-2)13-14(3)17-9-11-18(12-10-17)21(5)20(26)24-15(4)25-21;1-8-11-6-10(13-3)5-4-9(11)7-12(8)2/h7-13,25H,2,4,6H2,1,3,5H3,(H,24,26);4-6H,1,7H2,2-3H3/b14-13+,16-7-,23-19?;. The molecule has 2 aromatic carbocycles. The van der Waals surface area contributed by atoms with E-state index in [1.54, 1.807) is 7.11 Å². The van der Waals surface area contributed by atoms with Crippen molar-refractivity contribution in [2.75, 3.05) is 14.2 Å². The van der Waals surface area contributed by atoms with Gasteiger partial charge < -0.3 is 20.3 Å². The van der Waals surface area contributed by atoms with E-state index >= 15 is 0 Å². The molecule has 0 bridgehead atoms. The van der Waals surface area contributed by atoms with E-state index < -0.39 is 5.54 Å². The Morgan fingerprint density at radius 3 is 2.41 bits per heavy atom. The molecule has 2 heterocycles. The van der Waals surface area contributed by atoms with Crippen molar-refractivity contribution >= 4 is 29.7 Å². The molecule has 2 aliphatic rings. The highest BCUT2D eigenvalue weighted by Crippen LogP contribution is 2.32. The lowest BCUT2D eigenvalue weighted by Gasteiger charge is -2.22. The van der Waals surface area contributed by atoms with Crippen LogP contribution in [0.4, 0.5) is 0 Å². The summed E-state index contributed by atoms with van der Waals surface area (Å²) in [6.07, 6.45) is 5.37. The van der Waals surface area contributed by atoms with Gasteiger partial charge >= 0.3 is 0 Å². The number of hydrogen-bond acceptors (Lipinski definition) is 5. The summed E-state index contributed by atoms with van der Waals surface area (Å²) in [5, 5.41) is 5.81. The smallest absolute Gasteiger partial charge is 0.255 e. The van der Waals surface area contributed by atoms with Crippen LogP contribution in [0.3, 0.4) is 0 Å². The van der Waals surface area contributed by atoms with E-state index in [1.165, 1.54) is 17.3 Å². The van der Waals surface area contributed by atoms with Crippen molar-refractivity contribution in [3.8, 4) is 5.75 Å². The summed E-state index contributed by atoms with van der Waals surface area (Å²) in [7, 11) is 3.73. The molecule has 1 amide bonds. The van der Waals surface area contributed by atoms with Gasteiger partial charge in [-0.15, -0.1) is 0 Å². The lowest BCUT2D eigenvalue weighted by Crippen LogP contribution is -2.39. The zero-order chi connectivity index (χ0) is 28.7. The molecule has 0 saturated carbocycles. The van der Waals surface area contributed by atoms with Crippen LogP contribution in [0.2, 0.25) is 0 Å². The monoisotopic (exact) mass is 523 g/mol. The summed E-state index contributed by atoms with van der Waals surface area (Å²) < 4.78 is 5.16. The first-order valence-electron chi connectivity index (χ1n) is 12.5. The molecule has 2 aromatic rings. The van der Waals surface area contributed by atoms with Crippen molar-refractivity contribution in [2.24, 2.45) is 9.98 Å². The minimum atomic E-state index is -0.807. The van der Waals surface area contributed by atoms with Crippen LogP contribution in [-0.2, 0) is 16.9 Å². The second kappa shape index (κ2) is 12.3. The van der Waals surface area contributed by atoms with Gasteiger partial charge in [0, 0.05) is 36.6 Å². The van der Waals surface area contributed by atoms with Crippen LogP contribution < -0.4 is 15.4 Å². The Hall–Kier alpha value is -4.65. The molecule has 0 aromatic heterocycles. The van der Waals surface area contributed by atoms with Crippen LogP contribution in [0.15, 0.2) is 102 Å². The zero-order valence-electron chi connectivity index (χ0n) is 23.5. The largest absolute Gasteiger partial charge is 0.497 e. The van der Waals surface area contributed by atoms with Gasteiger partial charge in [0.1, 0.15) is 11.3 Å². The van der Waals surface area contributed by atoms with Crippen LogP contribution in [-0.4, -0.2) is 37.5 Å². The number of nitrogens with zero attached hydrogens (tertiary/aromatic N) is 3. The predicted octanol–water partition coefficient (Wildman–Crippen LogP) is 5.80. The predicted molar refractivity (Wildman–Crippen MR) is 162 cm³/mol. The zero-order valence-corrected chi connectivity index (χ0v) is 23.5. The van der Waals surface area contributed by atoms with Crippen LogP contribution in [0, 0.1) is 0 Å².